The van der Waals surface area contributed by atoms with Crippen LogP contribution >= 0.6 is 0 Å². The highest BCUT2D eigenvalue weighted by atomic mass is 16.6. The molecule has 8 atom stereocenters. The zero-order chi connectivity index (χ0) is 25.5. The number of carbonyl (C=O) groups excluding carboxylic acids is 2. The molecule has 2 saturated carbocycles. The predicted molar refractivity (Wildman–Crippen MR) is 127 cm³/mol. The Balaban J connectivity index is 1.86. The van der Waals surface area contributed by atoms with Crippen molar-refractivity contribution in [2.45, 2.75) is 70.9 Å². The molecule has 2 heterocycles. The maximum atomic E-state index is 12.3. The average molecular weight is 486 g/mol. The largest absolute Gasteiger partial charge is 0.496 e. The molecular weight excluding hydrogens is 450 g/mol. The van der Waals surface area contributed by atoms with Crippen molar-refractivity contribution in [1.82, 2.24) is 4.98 Å². The molecule has 2 fully saturated rings. The number of allylic oxidation sites excluding steroid dienone is 1. The number of nitrogens with zero attached hydrogens (tertiary/aromatic N) is 1. The fourth-order valence-corrected chi connectivity index (χ4v) is 6.88. The highest BCUT2D eigenvalue weighted by molar-refractivity contribution is 5.78. The van der Waals surface area contributed by atoms with Gasteiger partial charge < -0.3 is 24.4 Å². The van der Waals surface area contributed by atoms with Gasteiger partial charge >= 0.3 is 5.97 Å². The van der Waals surface area contributed by atoms with Gasteiger partial charge in [-0.2, -0.15) is 0 Å². The second kappa shape index (κ2) is 9.39. The number of rotatable bonds is 5. The molecule has 0 spiro atoms. The fraction of sp³-hybridized carbons (Fsp3) is 0.593. The van der Waals surface area contributed by atoms with E-state index in [9.17, 15) is 19.8 Å². The first-order chi connectivity index (χ1) is 16.6. The van der Waals surface area contributed by atoms with Crippen LogP contribution in [-0.4, -0.2) is 58.5 Å². The van der Waals surface area contributed by atoms with Crippen molar-refractivity contribution in [2.24, 2.45) is 23.2 Å². The van der Waals surface area contributed by atoms with Crippen LogP contribution in [0, 0.1) is 23.2 Å². The number of esters is 1. The lowest BCUT2D eigenvalue weighted by atomic mass is 9.46. The number of fused-ring (bicyclic) bond motifs is 3. The van der Waals surface area contributed by atoms with E-state index < -0.39 is 41.2 Å². The summed E-state index contributed by atoms with van der Waals surface area (Å²) in [6, 6.07) is 3.58. The standard InChI is InChI=1S/C27H35NO7/c1-15-19-11-23(34-16(2)30)27(4)25(26(19,3)9-8-20(15)31)24(32)18(14-29)22(35-27)12-21(33-5)17-7-6-10-28-13-17/h6-7,10,12-15,19-20,23-25,31-32H,8-9,11H2,1-5H3/b21-12-. The topological polar surface area (TPSA) is 115 Å². The lowest BCUT2D eigenvalue weighted by Gasteiger charge is -2.64. The summed E-state index contributed by atoms with van der Waals surface area (Å²) in [5, 5.41) is 22.3. The predicted octanol–water partition coefficient (Wildman–Crippen LogP) is 3.04. The van der Waals surface area contributed by atoms with Gasteiger partial charge in [-0.15, -0.1) is 0 Å². The van der Waals surface area contributed by atoms with E-state index in [0.717, 1.165) is 0 Å². The minimum Gasteiger partial charge on any atom is -0.496 e. The molecule has 1 aromatic rings. The molecule has 0 aromatic carbocycles. The van der Waals surface area contributed by atoms with Gasteiger partial charge in [-0.3, -0.25) is 14.6 Å². The van der Waals surface area contributed by atoms with Crippen molar-refractivity contribution < 1.29 is 34.0 Å². The monoisotopic (exact) mass is 485 g/mol. The van der Waals surface area contributed by atoms with Crippen LogP contribution in [0.5, 0.6) is 0 Å². The van der Waals surface area contributed by atoms with Crippen LogP contribution in [0.4, 0.5) is 0 Å². The Morgan fingerprint density at radius 1 is 1.31 bits per heavy atom. The second-order valence-electron chi connectivity index (χ2n) is 10.5. The average Bonchev–Trinajstić information content (AvgIpc) is 2.81. The number of pyridine rings is 1. The highest BCUT2D eigenvalue weighted by Gasteiger charge is 2.67. The van der Waals surface area contributed by atoms with Crippen LogP contribution in [0.25, 0.3) is 5.76 Å². The van der Waals surface area contributed by atoms with E-state index in [2.05, 4.69) is 11.9 Å². The third-order valence-electron chi connectivity index (χ3n) is 8.61. The second-order valence-corrected chi connectivity index (χ2v) is 10.5. The van der Waals surface area contributed by atoms with Gasteiger partial charge in [-0.1, -0.05) is 13.8 Å². The number of aliphatic hydroxyl groups is 2. The van der Waals surface area contributed by atoms with Gasteiger partial charge in [-0.25, -0.2) is 0 Å². The number of ether oxygens (including phenoxy) is 3. The molecule has 0 bridgehead atoms. The molecule has 35 heavy (non-hydrogen) atoms. The number of methoxy groups -OCH3 is 1. The van der Waals surface area contributed by atoms with E-state index in [1.807, 2.05) is 19.9 Å². The van der Waals surface area contributed by atoms with Crippen LogP contribution in [0.1, 0.15) is 52.5 Å². The molecule has 1 aliphatic heterocycles. The first-order valence-corrected chi connectivity index (χ1v) is 12.1. The molecule has 2 aliphatic carbocycles. The summed E-state index contributed by atoms with van der Waals surface area (Å²) in [6.07, 6.45) is 4.92. The maximum absolute atomic E-state index is 12.3. The molecule has 4 rings (SSSR count). The molecule has 8 nitrogen and oxygen atoms in total. The summed E-state index contributed by atoms with van der Waals surface area (Å²) in [5.74, 6) is -0.471. The maximum Gasteiger partial charge on any atom is 0.303 e. The first-order valence-electron chi connectivity index (χ1n) is 12.1. The van der Waals surface area contributed by atoms with Crippen LogP contribution in [0.2, 0.25) is 0 Å². The van der Waals surface area contributed by atoms with Crippen LogP contribution in [0.15, 0.2) is 41.9 Å². The third-order valence-corrected chi connectivity index (χ3v) is 8.61. The Hall–Kier alpha value is -2.71. The zero-order valence-electron chi connectivity index (χ0n) is 20.9. The van der Waals surface area contributed by atoms with Crippen molar-refractivity contribution >= 4 is 18.0 Å². The van der Waals surface area contributed by atoms with E-state index in [1.165, 1.54) is 14.0 Å². The number of carbonyl (C=O) groups is 2. The van der Waals surface area contributed by atoms with Gasteiger partial charge in [0.05, 0.1) is 24.9 Å². The quantitative estimate of drug-likeness (QED) is 0.372. The summed E-state index contributed by atoms with van der Waals surface area (Å²) in [5.41, 5.74) is -0.751. The summed E-state index contributed by atoms with van der Waals surface area (Å²) >= 11 is 0. The number of aldehydes is 1. The smallest absolute Gasteiger partial charge is 0.303 e. The van der Waals surface area contributed by atoms with Crippen molar-refractivity contribution in [3.63, 3.8) is 0 Å². The summed E-state index contributed by atoms with van der Waals surface area (Å²) in [7, 11) is 1.51. The molecule has 0 radical (unpaired) electrons. The highest BCUT2D eigenvalue weighted by Crippen LogP contribution is 2.62. The number of aromatic nitrogens is 1. The van der Waals surface area contributed by atoms with Gasteiger partial charge in [0, 0.05) is 36.9 Å². The van der Waals surface area contributed by atoms with Gasteiger partial charge in [-0.05, 0) is 55.6 Å². The molecule has 0 amide bonds. The van der Waals surface area contributed by atoms with Gasteiger partial charge in [0.25, 0.3) is 0 Å². The first kappa shape index (κ1) is 25.4. The molecule has 3 aliphatic rings. The molecule has 8 heteroatoms. The van der Waals surface area contributed by atoms with Gasteiger partial charge in [0.2, 0.25) is 0 Å². The SMILES string of the molecule is CO/C(=C\C1=C(C=O)C(O)C2C3(C)CCC(O)C(C)C3CC(OC(C)=O)C2(C)O1)c1cccnc1. The lowest BCUT2D eigenvalue weighted by Crippen LogP contribution is -2.69. The summed E-state index contributed by atoms with van der Waals surface area (Å²) in [4.78, 5) is 28.5. The van der Waals surface area contributed by atoms with E-state index in [-0.39, 0.29) is 23.2 Å². The van der Waals surface area contributed by atoms with E-state index in [0.29, 0.717) is 36.9 Å². The normalized spacial score (nSPS) is 39.1. The summed E-state index contributed by atoms with van der Waals surface area (Å²) < 4.78 is 17.9. The van der Waals surface area contributed by atoms with Crippen LogP contribution in [-0.2, 0) is 23.8 Å². The minimum absolute atomic E-state index is 0.0261. The molecule has 8 unspecified atom stereocenters. The van der Waals surface area contributed by atoms with Gasteiger partial charge in [0.1, 0.15) is 23.2 Å². The molecule has 2 N–H and O–H groups in total. The Bertz CT molecular complexity index is 1040. The van der Waals surface area contributed by atoms with Crippen LogP contribution in [0.3, 0.4) is 0 Å². The van der Waals surface area contributed by atoms with E-state index >= 15 is 0 Å². The van der Waals surface area contributed by atoms with E-state index in [4.69, 9.17) is 14.2 Å². The van der Waals surface area contributed by atoms with Crippen molar-refractivity contribution in [3.8, 4) is 0 Å². The van der Waals surface area contributed by atoms with Gasteiger partial charge in [0.15, 0.2) is 6.29 Å². The zero-order valence-corrected chi connectivity index (χ0v) is 20.9. The Labute approximate surface area is 206 Å². The molecule has 0 saturated heterocycles. The third kappa shape index (κ3) is 4.16. The Morgan fingerprint density at radius 2 is 2.06 bits per heavy atom. The number of aliphatic hydroxyl groups excluding tert-OH is 2. The van der Waals surface area contributed by atoms with Crippen molar-refractivity contribution in [2.75, 3.05) is 7.11 Å². The molecule has 1 aromatic heterocycles. The number of hydrogen-bond donors (Lipinski definition) is 2. The molecular formula is C27H35NO7. The Kier molecular flexibility index (Phi) is 6.81. The summed E-state index contributed by atoms with van der Waals surface area (Å²) in [6.45, 7) is 7.29. The van der Waals surface area contributed by atoms with Crippen molar-refractivity contribution in [3.05, 3.63) is 47.5 Å². The molecule has 190 valence electrons. The lowest BCUT2D eigenvalue weighted by molar-refractivity contribution is -0.256. The minimum atomic E-state index is -1.15. The number of hydrogen-bond acceptors (Lipinski definition) is 8. The van der Waals surface area contributed by atoms with E-state index in [1.54, 1.807) is 24.5 Å². The Morgan fingerprint density at radius 3 is 2.66 bits per heavy atom. The van der Waals surface area contributed by atoms with Crippen molar-refractivity contribution in [1.29, 1.82) is 0 Å². The van der Waals surface area contributed by atoms with Crippen LogP contribution < -0.4 is 0 Å². The fourth-order valence-electron chi connectivity index (χ4n) is 6.88.